The van der Waals surface area contributed by atoms with E-state index in [-0.39, 0.29) is 0 Å². The van der Waals surface area contributed by atoms with Gasteiger partial charge in [0.1, 0.15) is 0 Å². The number of fused-ring (bicyclic) bond motifs is 2. The molecule has 52 valence electrons. The Hall–Kier alpha value is -0.120. The van der Waals surface area contributed by atoms with Crippen LogP contribution in [-0.4, -0.2) is 37.9 Å². The highest BCUT2D eigenvalue weighted by Gasteiger charge is 2.22. The third kappa shape index (κ3) is 1.08. The molecule has 0 aromatic carbocycles. The average molecular weight is 127 g/mol. The van der Waals surface area contributed by atoms with Crippen LogP contribution in [0.1, 0.15) is 0 Å². The Labute approximate surface area is 55.4 Å². The van der Waals surface area contributed by atoms with Gasteiger partial charge in [-0.1, -0.05) is 0 Å². The molecule has 3 nitrogen and oxygen atoms in total. The van der Waals surface area contributed by atoms with E-state index in [1.54, 1.807) is 0 Å². The van der Waals surface area contributed by atoms with Crippen molar-refractivity contribution in [1.29, 1.82) is 0 Å². The van der Waals surface area contributed by atoms with Crippen LogP contribution in [0.4, 0.5) is 0 Å². The van der Waals surface area contributed by atoms with Crippen molar-refractivity contribution in [3.8, 4) is 0 Å². The lowest BCUT2D eigenvalue weighted by Crippen LogP contribution is -2.57. The van der Waals surface area contributed by atoms with Crippen LogP contribution in [0.3, 0.4) is 0 Å². The molecule has 2 aliphatic rings. The molecule has 0 spiro atoms. The Kier molecular flexibility index (Phi) is 1.41. The quantitative estimate of drug-likeness (QED) is 0.438. The maximum atomic E-state index is 3.37. The van der Waals surface area contributed by atoms with E-state index in [0.717, 1.165) is 19.3 Å². The summed E-state index contributed by atoms with van der Waals surface area (Å²) in [6, 6.07) is 0. The van der Waals surface area contributed by atoms with Crippen LogP contribution >= 0.6 is 0 Å². The number of hydrogen-bond acceptors (Lipinski definition) is 3. The molecule has 0 atom stereocenters. The second-order valence-corrected chi connectivity index (χ2v) is 2.94. The van der Waals surface area contributed by atoms with Gasteiger partial charge in [-0.25, -0.2) is 0 Å². The molecule has 2 heterocycles. The van der Waals surface area contributed by atoms with Crippen molar-refractivity contribution in [1.82, 2.24) is 15.5 Å². The second-order valence-electron chi connectivity index (χ2n) is 2.94. The Balaban J connectivity index is 1.96. The molecule has 0 radical (unpaired) electrons. The fourth-order valence-corrected chi connectivity index (χ4v) is 1.60. The minimum atomic E-state index is 0.854. The van der Waals surface area contributed by atoms with Gasteiger partial charge in [0.25, 0.3) is 0 Å². The largest absolute Gasteiger partial charge is 0.304 e. The van der Waals surface area contributed by atoms with Crippen molar-refractivity contribution in [2.24, 2.45) is 5.92 Å². The van der Waals surface area contributed by atoms with Gasteiger partial charge < -0.3 is 10.6 Å². The highest BCUT2D eigenvalue weighted by atomic mass is 15.3. The van der Waals surface area contributed by atoms with Crippen molar-refractivity contribution < 1.29 is 0 Å². The van der Waals surface area contributed by atoms with Crippen LogP contribution < -0.4 is 10.6 Å². The van der Waals surface area contributed by atoms with Crippen LogP contribution in [0, 0.1) is 5.92 Å². The zero-order chi connectivity index (χ0) is 6.10. The fourth-order valence-electron chi connectivity index (χ4n) is 1.60. The van der Waals surface area contributed by atoms with Crippen molar-refractivity contribution in [2.45, 2.75) is 0 Å². The lowest BCUT2D eigenvalue weighted by atomic mass is 10.1. The summed E-state index contributed by atoms with van der Waals surface area (Å²) in [6.45, 7) is 5.83. The SMILES string of the molecule is C1NCN2CNCC1C2. The Morgan fingerprint density at radius 1 is 1.11 bits per heavy atom. The molecule has 2 rings (SSSR count). The van der Waals surface area contributed by atoms with E-state index < -0.39 is 0 Å². The van der Waals surface area contributed by atoms with Gasteiger partial charge in [0, 0.05) is 33.0 Å². The van der Waals surface area contributed by atoms with E-state index in [4.69, 9.17) is 0 Å². The molecule has 2 N–H and O–H groups in total. The molecule has 3 heteroatoms. The molecule has 0 aliphatic carbocycles. The first-order valence-electron chi connectivity index (χ1n) is 3.59. The van der Waals surface area contributed by atoms with Crippen molar-refractivity contribution >= 4 is 0 Å². The minimum absolute atomic E-state index is 0.854. The van der Waals surface area contributed by atoms with Gasteiger partial charge in [-0.3, -0.25) is 4.90 Å². The summed E-state index contributed by atoms with van der Waals surface area (Å²) in [5.41, 5.74) is 0. The molecular formula is C6H13N3. The molecule has 2 bridgehead atoms. The van der Waals surface area contributed by atoms with Gasteiger partial charge in [-0.05, 0) is 5.92 Å². The zero-order valence-electron chi connectivity index (χ0n) is 5.56. The monoisotopic (exact) mass is 127 g/mol. The lowest BCUT2D eigenvalue weighted by molar-refractivity contribution is 0.113. The molecule has 0 aromatic rings. The van der Waals surface area contributed by atoms with Gasteiger partial charge >= 0.3 is 0 Å². The molecular weight excluding hydrogens is 114 g/mol. The number of hydrogen-bond donors (Lipinski definition) is 2. The summed E-state index contributed by atoms with van der Waals surface area (Å²) >= 11 is 0. The van der Waals surface area contributed by atoms with Crippen LogP contribution in [0.5, 0.6) is 0 Å². The average Bonchev–Trinajstić information content (AvgIpc) is 1.88. The van der Waals surface area contributed by atoms with E-state index in [1.165, 1.54) is 19.6 Å². The Morgan fingerprint density at radius 3 is 2.22 bits per heavy atom. The highest BCUT2D eigenvalue weighted by Crippen LogP contribution is 2.06. The summed E-state index contributed by atoms with van der Waals surface area (Å²) in [5.74, 6) is 0.854. The van der Waals surface area contributed by atoms with Crippen LogP contribution in [0.15, 0.2) is 0 Å². The van der Waals surface area contributed by atoms with Gasteiger partial charge in [-0.15, -0.1) is 0 Å². The summed E-state index contributed by atoms with van der Waals surface area (Å²) in [4.78, 5) is 2.40. The van der Waals surface area contributed by atoms with Crippen molar-refractivity contribution in [2.75, 3.05) is 33.0 Å². The minimum Gasteiger partial charge on any atom is -0.304 e. The standard InChI is InChI=1S/C6H13N3/c1-6-2-8-5-9(3-6)4-7-1/h6-8H,1-5H2. The summed E-state index contributed by atoms with van der Waals surface area (Å²) < 4.78 is 0. The molecule has 0 unspecified atom stereocenters. The van der Waals surface area contributed by atoms with Crippen LogP contribution in [0.2, 0.25) is 0 Å². The van der Waals surface area contributed by atoms with E-state index in [1.807, 2.05) is 0 Å². The first kappa shape index (κ1) is 5.65. The van der Waals surface area contributed by atoms with Crippen molar-refractivity contribution in [3.63, 3.8) is 0 Å². The number of rotatable bonds is 0. The van der Waals surface area contributed by atoms with Gasteiger partial charge in [0.15, 0.2) is 0 Å². The van der Waals surface area contributed by atoms with Gasteiger partial charge in [0.05, 0.1) is 0 Å². The maximum Gasteiger partial charge on any atom is 0.0492 e. The smallest absolute Gasteiger partial charge is 0.0492 e. The molecule has 0 aromatic heterocycles. The first-order chi connectivity index (χ1) is 4.45. The highest BCUT2D eigenvalue weighted by molar-refractivity contribution is 4.78. The fraction of sp³-hybridized carbons (Fsp3) is 1.00. The first-order valence-corrected chi connectivity index (χ1v) is 3.59. The molecule has 2 fully saturated rings. The summed E-state index contributed by atoms with van der Waals surface area (Å²) in [6.07, 6.45) is 0. The summed E-state index contributed by atoms with van der Waals surface area (Å²) in [5, 5.41) is 6.75. The Morgan fingerprint density at radius 2 is 1.78 bits per heavy atom. The Bertz CT molecular complexity index is 84.5. The number of nitrogens with zero attached hydrogens (tertiary/aromatic N) is 1. The predicted molar refractivity (Wildman–Crippen MR) is 35.9 cm³/mol. The van der Waals surface area contributed by atoms with Gasteiger partial charge in [0.2, 0.25) is 0 Å². The maximum absolute atomic E-state index is 3.37. The summed E-state index contributed by atoms with van der Waals surface area (Å²) in [7, 11) is 0. The third-order valence-corrected chi connectivity index (χ3v) is 2.05. The van der Waals surface area contributed by atoms with Gasteiger partial charge in [-0.2, -0.15) is 0 Å². The molecule has 9 heavy (non-hydrogen) atoms. The van der Waals surface area contributed by atoms with E-state index in [9.17, 15) is 0 Å². The zero-order valence-corrected chi connectivity index (χ0v) is 5.56. The molecule has 0 saturated carbocycles. The molecule has 2 saturated heterocycles. The van der Waals surface area contributed by atoms with E-state index in [0.29, 0.717) is 0 Å². The number of nitrogens with one attached hydrogen (secondary N) is 2. The third-order valence-electron chi connectivity index (χ3n) is 2.05. The van der Waals surface area contributed by atoms with E-state index in [2.05, 4.69) is 15.5 Å². The second kappa shape index (κ2) is 2.25. The van der Waals surface area contributed by atoms with Crippen LogP contribution in [-0.2, 0) is 0 Å². The normalized spacial score (nSPS) is 42.7. The molecule has 2 aliphatic heterocycles. The van der Waals surface area contributed by atoms with E-state index >= 15 is 0 Å². The lowest BCUT2D eigenvalue weighted by Gasteiger charge is -2.38. The van der Waals surface area contributed by atoms with Crippen molar-refractivity contribution in [3.05, 3.63) is 0 Å². The predicted octanol–water partition coefficient (Wildman–Crippen LogP) is -0.974. The van der Waals surface area contributed by atoms with Crippen LogP contribution in [0.25, 0.3) is 0 Å². The molecule has 0 amide bonds. The topological polar surface area (TPSA) is 27.3 Å².